The lowest BCUT2D eigenvalue weighted by atomic mass is 9.64. The fraction of sp³-hybridized carbons (Fsp3) is 0.636. The Morgan fingerprint density at radius 1 is 1.15 bits per heavy atom. The number of carbonyl (C=O) groups excluding carboxylic acids is 1. The third-order valence-electron chi connectivity index (χ3n) is 6.59. The van der Waals surface area contributed by atoms with Crippen LogP contribution in [0, 0.1) is 12.0 Å². The Hall–Kier alpha value is -1.86. The topological polar surface area (TPSA) is 27.9 Å². The molecule has 0 aromatic heterocycles. The molecular weight excluding hydrogens is 322 g/mol. The number of rotatable bonds is 4. The van der Waals surface area contributed by atoms with E-state index in [4.69, 9.17) is 6.57 Å². The molecule has 3 rings (SSSR count). The number of hydrogen-bond acceptors (Lipinski definition) is 2. The Kier molecular flexibility index (Phi) is 4.88. The van der Waals surface area contributed by atoms with E-state index >= 15 is 0 Å². The van der Waals surface area contributed by atoms with Gasteiger partial charge in [0.1, 0.15) is 0 Å². The molecule has 0 bridgehead atoms. The third kappa shape index (κ3) is 3.38. The lowest BCUT2D eigenvalue weighted by molar-refractivity contribution is -0.128. The van der Waals surface area contributed by atoms with E-state index in [0.29, 0.717) is 13.0 Å². The highest BCUT2D eigenvalue weighted by Crippen LogP contribution is 2.52. The minimum absolute atomic E-state index is 0.0682. The summed E-state index contributed by atoms with van der Waals surface area (Å²) in [5.41, 5.74) is 1.06. The van der Waals surface area contributed by atoms with Crippen LogP contribution in [0.4, 0.5) is 0 Å². The number of amides is 1. The average Bonchev–Trinajstić information content (AvgIpc) is 2.91. The van der Waals surface area contributed by atoms with Crippen LogP contribution in [0.2, 0.25) is 0 Å². The lowest BCUT2D eigenvalue weighted by Gasteiger charge is -2.49. The Morgan fingerprint density at radius 3 is 2.31 bits per heavy atom. The van der Waals surface area contributed by atoms with Gasteiger partial charge < -0.3 is 9.74 Å². The molecule has 140 valence electrons. The molecule has 4 heteroatoms. The van der Waals surface area contributed by atoms with E-state index in [1.807, 2.05) is 18.7 Å². The summed E-state index contributed by atoms with van der Waals surface area (Å²) in [5.74, 6) is 0.235. The van der Waals surface area contributed by atoms with Gasteiger partial charge in [-0.3, -0.25) is 9.69 Å². The molecule has 1 spiro atoms. The predicted molar refractivity (Wildman–Crippen MR) is 105 cm³/mol. The van der Waals surface area contributed by atoms with Crippen LogP contribution in [-0.4, -0.2) is 48.4 Å². The molecule has 0 N–H and O–H groups in total. The summed E-state index contributed by atoms with van der Waals surface area (Å²) in [4.78, 5) is 20.6. The Bertz CT molecular complexity index is 694. The highest BCUT2D eigenvalue weighted by Gasteiger charge is 2.51. The van der Waals surface area contributed by atoms with Crippen molar-refractivity contribution >= 4 is 5.91 Å². The standard InChI is InChI=1S/C22H31N3O/c1-20(2,23-3)16-25-17-21(15-19(25)26)11-13-22(14-12-21,24(4)5)18-9-7-6-8-10-18/h6-10H,11-17H2,1-2,4-5H3. The van der Waals surface area contributed by atoms with Crippen LogP contribution in [0.1, 0.15) is 51.5 Å². The van der Waals surface area contributed by atoms with Crippen LogP contribution in [0.5, 0.6) is 0 Å². The van der Waals surface area contributed by atoms with Gasteiger partial charge in [0.15, 0.2) is 0 Å². The predicted octanol–water partition coefficient (Wildman–Crippen LogP) is 3.93. The maximum absolute atomic E-state index is 12.6. The van der Waals surface area contributed by atoms with Crippen LogP contribution in [-0.2, 0) is 10.3 Å². The molecule has 1 aliphatic heterocycles. The monoisotopic (exact) mass is 353 g/mol. The Morgan fingerprint density at radius 2 is 1.77 bits per heavy atom. The first-order valence-electron chi connectivity index (χ1n) is 9.61. The van der Waals surface area contributed by atoms with E-state index in [0.717, 1.165) is 32.2 Å². The second-order valence-corrected chi connectivity index (χ2v) is 9.14. The quantitative estimate of drug-likeness (QED) is 0.767. The smallest absolute Gasteiger partial charge is 0.244 e. The summed E-state index contributed by atoms with van der Waals surface area (Å²) in [6.07, 6.45) is 4.95. The first-order chi connectivity index (χ1) is 12.2. The summed E-state index contributed by atoms with van der Waals surface area (Å²) in [6.45, 7) is 12.6. The molecule has 0 atom stereocenters. The molecule has 1 aliphatic carbocycles. The number of hydrogen-bond donors (Lipinski definition) is 0. The molecule has 2 aliphatic rings. The van der Waals surface area contributed by atoms with Gasteiger partial charge in [-0.15, -0.1) is 0 Å². The van der Waals surface area contributed by atoms with Crippen LogP contribution in [0.25, 0.3) is 4.85 Å². The first-order valence-corrected chi connectivity index (χ1v) is 9.61. The molecule has 1 saturated carbocycles. The maximum Gasteiger partial charge on any atom is 0.244 e. The van der Waals surface area contributed by atoms with E-state index in [-0.39, 0.29) is 16.9 Å². The SMILES string of the molecule is [C-]#[N+]C(C)(C)CN1CC2(CCC(c3ccccc3)(N(C)C)CC2)CC1=O. The van der Waals surface area contributed by atoms with Crippen LogP contribution in [0.15, 0.2) is 30.3 Å². The molecule has 1 heterocycles. The fourth-order valence-corrected chi connectivity index (χ4v) is 4.90. The highest BCUT2D eigenvalue weighted by atomic mass is 16.2. The van der Waals surface area contributed by atoms with Crippen LogP contribution >= 0.6 is 0 Å². The minimum Gasteiger partial charge on any atom is -0.334 e. The van der Waals surface area contributed by atoms with E-state index in [1.165, 1.54) is 5.56 Å². The van der Waals surface area contributed by atoms with Crippen molar-refractivity contribution in [2.75, 3.05) is 27.2 Å². The first kappa shape index (κ1) is 18.9. The fourth-order valence-electron chi connectivity index (χ4n) is 4.90. The molecule has 26 heavy (non-hydrogen) atoms. The zero-order valence-electron chi connectivity index (χ0n) is 16.6. The second kappa shape index (κ2) is 6.70. The van der Waals surface area contributed by atoms with Gasteiger partial charge in [-0.05, 0) is 50.8 Å². The molecular formula is C22H31N3O. The van der Waals surface area contributed by atoms with E-state index in [9.17, 15) is 4.79 Å². The third-order valence-corrected chi connectivity index (χ3v) is 6.59. The van der Waals surface area contributed by atoms with Gasteiger partial charge in [0.25, 0.3) is 0 Å². The maximum atomic E-state index is 12.6. The molecule has 1 aromatic carbocycles. The summed E-state index contributed by atoms with van der Waals surface area (Å²) in [5, 5.41) is 0. The Balaban J connectivity index is 1.75. The molecule has 0 unspecified atom stereocenters. The van der Waals surface area contributed by atoms with E-state index < -0.39 is 5.54 Å². The van der Waals surface area contributed by atoms with Crippen molar-refractivity contribution in [3.63, 3.8) is 0 Å². The van der Waals surface area contributed by atoms with Crippen molar-refractivity contribution in [1.82, 2.24) is 9.80 Å². The van der Waals surface area contributed by atoms with Gasteiger partial charge >= 0.3 is 0 Å². The summed E-state index contributed by atoms with van der Waals surface area (Å²) in [6, 6.07) is 10.8. The zero-order chi connectivity index (χ0) is 19.0. The number of likely N-dealkylation sites (tertiary alicyclic amines) is 1. The average molecular weight is 354 g/mol. The highest BCUT2D eigenvalue weighted by molar-refractivity contribution is 5.79. The van der Waals surface area contributed by atoms with Crippen LogP contribution in [0.3, 0.4) is 0 Å². The minimum atomic E-state index is -0.493. The second-order valence-electron chi connectivity index (χ2n) is 9.14. The van der Waals surface area contributed by atoms with Gasteiger partial charge in [-0.2, -0.15) is 0 Å². The van der Waals surface area contributed by atoms with Gasteiger partial charge in [0, 0.05) is 32.4 Å². The van der Waals surface area contributed by atoms with Crippen molar-refractivity contribution in [2.45, 2.75) is 57.0 Å². The van der Waals surface area contributed by atoms with Crippen molar-refractivity contribution in [1.29, 1.82) is 0 Å². The van der Waals surface area contributed by atoms with Crippen molar-refractivity contribution < 1.29 is 4.79 Å². The molecule has 1 saturated heterocycles. The normalized spacial score (nSPS) is 29.4. The zero-order valence-corrected chi connectivity index (χ0v) is 16.6. The molecule has 4 nitrogen and oxygen atoms in total. The molecule has 2 fully saturated rings. The van der Waals surface area contributed by atoms with Gasteiger partial charge in [-0.1, -0.05) is 30.3 Å². The molecule has 0 radical (unpaired) electrons. The van der Waals surface area contributed by atoms with Crippen molar-refractivity contribution in [3.8, 4) is 0 Å². The Labute approximate surface area is 158 Å². The molecule has 1 aromatic rings. The summed E-state index contributed by atoms with van der Waals surface area (Å²) in [7, 11) is 4.35. The number of nitrogens with zero attached hydrogens (tertiary/aromatic N) is 3. The molecule has 1 amide bonds. The number of carbonyl (C=O) groups is 1. The van der Waals surface area contributed by atoms with Gasteiger partial charge in [-0.25, -0.2) is 6.57 Å². The lowest BCUT2D eigenvalue weighted by Crippen LogP contribution is -2.47. The van der Waals surface area contributed by atoms with Gasteiger partial charge in [0.05, 0.1) is 6.54 Å². The van der Waals surface area contributed by atoms with Crippen LogP contribution < -0.4 is 0 Å². The number of benzene rings is 1. The van der Waals surface area contributed by atoms with E-state index in [1.54, 1.807) is 0 Å². The van der Waals surface area contributed by atoms with Gasteiger partial charge in [0.2, 0.25) is 11.4 Å². The van der Waals surface area contributed by atoms with Crippen molar-refractivity contribution in [3.05, 3.63) is 47.3 Å². The summed E-state index contributed by atoms with van der Waals surface area (Å²) >= 11 is 0. The summed E-state index contributed by atoms with van der Waals surface area (Å²) < 4.78 is 0. The van der Waals surface area contributed by atoms with E-state index in [2.05, 4.69) is 54.2 Å². The largest absolute Gasteiger partial charge is 0.334 e. The van der Waals surface area contributed by atoms with Crippen molar-refractivity contribution in [2.24, 2.45) is 5.41 Å².